The molecule has 0 aliphatic carbocycles. The van der Waals surface area contributed by atoms with Gasteiger partial charge in [-0.2, -0.15) is 18.3 Å². The van der Waals surface area contributed by atoms with E-state index in [0.29, 0.717) is 43.1 Å². The van der Waals surface area contributed by atoms with Gasteiger partial charge in [0, 0.05) is 25.7 Å². The van der Waals surface area contributed by atoms with Crippen molar-refractivity contribution >= 4 is 45.8 Å². The number of alkyl halides is 3. The maximum Gasteiger partial charge on any atom is 0.471 e. The van der Waals surface area contributed by atoms with Crippen LogP contribution in [0, 0.1) is 11.6 Å². The van der Waals surface area contributed by atoms with Crippen molar-refractivity contribution in [3.8, 4) is 10.6 Å². The van der Waals surface area contributed by atoms with Crippen LogP contribution in [0.15, 0.2) is 24.4 Å². The van der Waals surface area contributed by atoms with Gasteiger partial charge in [-0.25, -0.2) is 23.2 Å². The summed E-state index contributed by atoms with van der Waals surface area (Å²) in [6.07, 6.45) is -3.56. The molecular formula is C28H32F5N7O4S. The summed E-state index contributed by atoms with van der Waals surface area (Å²) in [4.78, 5) is 43.7. The molecule has 1 fully saturated rings. The lowest BCUT2D eigenvalue weighted by molar-refractivity contribution is -0.174. The molecule has 1 aromatic carbocycles. The summed E-state index contributed by atoms with van der Waals surface area (Å²) < 4.78 is 74.4. The average molecular weight is 658 g/mol. The first kappa shape index (κ1) is 33.6. The van der Waals surface area contributed by atoms with Crippen LogP contribution >= 0.6 is 11.3 Å². The van der Waals surface area contributed by atoms with Crippen LogP contribution in [-0.4, -0.2) is 63.6 Å². The highest BCUT2D eigenvalue weighted by Gasteiger charge is 2.40. The van der Waals surface area contributed by atoms with Gasteiger partial charge in [0.2, 0.25) is 0 Å². The lowest BCUT2D eigenvalue weighted by Crippen LogP contribution is -2.43. The van der Waals surface area contributed by atoms with Crippen LogP contribution in [0.3, 0.4) is 0 Å². The lowest BCUT2D eigenvalue weighted by atomic mass is 10.1. The third-order valence-corrected chi connectivity index (χ3v) is 7.60. The van der Waals surface area contributed by atoms with Crippen molar-refractivity contribution in [3.63, 3.8) is 0 Å². The zero-order valence-corrected chi connectivity index (χ0v) is 25.7. The van der Waals surface area contributed by atoms with E-state index in [-0.39, 0.29) is 34.4 Å². The van der Waals surface area contributed by atoms with Crippen molar-refractivity contribution in [3.05, 3.63) is 41.7 Å². The summed E-state index contributed by atoms with van der Waals surface area (Å²) in [5.74, 6) is -4.21. The molecule has 244 valence electrons. The summed E-state index contributed by atoms with van der Waals surface area (Å²) >= 11 is 0.676. The number of nitrogens with zero attached hydrogens (tertiary/aromatic N) is 4. The normalized spacial score (nSPS) is 15.8. The second-order valence-corrected chi connectivity index (χ2v) is 12.2. The number of carbonyl (C=O) groups is 3. The van der Waals surface area contributed by atoms with Gasteiger partial charge >= 0.3 is 18.2 Å². The molecule has 2 aromatic heterocycles. The molecule has 0 spiro atoms. The van der Waals surface area contributed by atoms with Crippen molar-refractivity contribution < 1.29 is 41.1 Å². The van der Waals surface area contributed by atoms with Gasteiger partial charge in [-0.05, 0) is 59.1 Å². The number of nitrogens with one attached hydrogen (secondary N) is 3. The number of amides is 3. The molecule has 0 bridgehead atoms. The predicted molar refractivity (Wildman–Crippen MR) is 157 cm³/mol. The van der Waals surface area contributed by atoms with Crippen LogP contribution < -0.4 is 20.9 Å². The highest BCUT2D eigenvalue weighted by atomic mass is 32.1. The quantitative estimate of drug-likeness (QED) is 0.268. The largest absolute Gasteiger partial charge is 0.471 e. The van der Waals surface area contributed by atoms with Crippen LogP contribution in [0.1, 0.15) is 57.4 Å². The van der Waals surface area contributed by atoms with E-state index in [2.05, 4.69) is 20.7 Å². The zero-order valence-electron chi connectivity index (χ0n) is 24.8. The fraction of sp³-hybridized carbons (Fsp3) is 0.464. The Hall–Kier alpha value is -4.28. The van der Waals surface area contributed by atoms with Gasteiger partial charge < -0.3 is 20.3 Å². The summed E-state index contributed by atoms with van der Waals surface area (Å²) in [7, 11) is 0. The van der Waals surface area contributed by atoms with E-state index in [1.807, 2.05) is 17.1 Å². The van der Waals surface area contributed by atoms with E-state index < -0.39 is 52.9 Å². The first-order valence-corrected chi connectivity index (χ1v) is 14.8. The molecule has 3 aromatic rings. The Morgan fingerprint density at radius 3 is 2.38 bits per heavy atom. The third-order valence-electron chi connectivity index (χ3n) is 6.61. The SMILES string of the molecule is CCn1ncc(NC(=O)c2nc(-c3c(F)cccc3F)sc2NC(=O)OC(C)(C)C)c1N1CCC[C@@H](NC(=O)C(F)(F)F)CC1. The van der Waals surface area contributed by atoms with E-state index >= 15 is 0 Å². The van der Waals surface area contributed by atoms with Crippen LogP contribution in [0.2, 0.25) is 0 Å². The molecule has 0 unspecified atom stereocenters. The number of aromatic nitrogens is 3. The molecule has 4 rings (SSSR count). The minimum Gasteiger partial charge on any atom is -0.444 e. The molecular weight excluding hydrogens is 625 g/mol. The zero-order chi connectivity index (χ0) is 33.1. The van der Waals surface area contributed by atoms with Gasteiger partial charge in [0.05, 0.1) is 11.8 Å². The average Bonchev–Trinajstić information content (AvgIpc) is 3.44. The molecule has 17 heteroatoms. The van der Waals surface area contributed by atoms with Crippen molar-refractivity contribution in [1.82, 2.24) is 20.1 Å². The Labute approximate surface area is 259 Å². The summed E-state index contributed by atoms with van der Waals surface area (Å²) in [5, 5.41) is 11.2. The molecule has 1 aliphatic rings. The Kier molecular flexibility index (Phi) is 9.99. The van der Waals surface area contributed by atoms with Gasteiger partial charge in [0.25, 0.3) is 5.91 Å². The van der Waals surface area contributed by atoms with Gasteiger partial charge in [-0.15, -0.1) is 0 Å². The van der Waals surface area contributed by atoms with Crippen LogP contribution in [-0.2, 0) is 16.1 Å². The molecule has 11 nitrogen and oxygen atoms in total. The number of anilines is 3. The summed E-state index contributed by atoms with van der Waals surface area (Å²) in [6, 6.07) is 2.55. The molecule has 1 atom stereocenters. The first-order valence-electron chi connectivity index (χ1n) is 14.0. The minimum atomic E-state index is -4.99. The summed E-state index contributed by atoms with van der Waals surface area (Å²) in [6.45, 7) is 7.74. The number of aryl methyl sites for hydroxylation is 1. The fourth-order valence-electron chi connectivity index (χ4n) is 4.70. The molecule has 3 amide bonds. The number of hydrogen-bond donors (Lipinski definition) is 3. The van der Waals surface area contributed by atoms with Crippen molar-refractivity contribution in [2.24, 2.45) is 0 Å². The first-order chi connectivity index (χ1) is 21.1. The molecule has 0 saturated carbocycles. The number of carbonyl (C=O) groups excluding carboxylic acids is 3. The molecule has 45 heavy (non-hydrogen) atoms. The maximum absolute atomic E-state index is 14.6. The van der Waals surface area contributed by atoms with Crippen molar-refractivity contribution in [2.75, 3.05) is 28.6 Å². The van der Waals surface area contributed by atoms with E-state index in [1.165, 1.54) is 12.3 Å². The maximum atomic E-state index is 14.6. The van der Waals surface area contributed by atoms with E-state index in [9.17, 15) is 36.3 Å². The molecule has 3 heterocycles. The Morgan fingerprint density at radius 2 is 1.76 bits per heavy atom. The van der Waals surface area contributed by atoms with Gasteiger partial charge in [-0.3, -0.25) is 14.9 Å². The van der Waals surface area contributed by atoms with Gasteiger partial charge in [-0.1, -0.05) is 17.4 Å². The van der Waals surface area contributed by atoms with E-state index in [0.717, 1.165) is 12.1 Å². The topological polar surface area (TPSA) is 130 Å². The monoisotopic (exact) mass is 657 g/mol. The number of hydrogen-bond acceptors (Lipinski definition) is 8. The molecule has 1 saturated heterocycles. The van der Waals surface area contributed by atoms with Gasteiger partial charge in [0.15, 0.2) is 11.5 Å². The predicted octanol–water partition coefficient (Wildman–Crippen LogP) is 5.94. The number of thiazole rings is 1. The standard InChI is InChI=1S/C28H32F5N7O4S/c1-5-40-24(39-12-7-8-15(11-13-39)35-25(42)28(31,32)33)18(14-34-40)36-21(41)20-23(38-26(43)44-27(2,3)4)45-22(37-20)19-16(29)9-6-10-17(19)30/h6,9-10,14-15H,5,7-8,11-13H2,1-4H3,(H,35,42)(H,36,41)(H,38,43)/t15-/m1/s1. The highest BCUT2D eigenvalue weighted by molar-refractivity contribution is 7.19. The fourth-order valence-corrected chi connectivity index (χ4v) is 5.69. The second kappa shape index (κ2) is 13.4. The second-order valence-electron chi connectivity index (χ2n) is 11.2. The third kappa shape index (κ3) is 8.26. The minimum absolute atomic E-state index is 0.123. The number of rotatable bonds is 7. The van der Waals surface area contributed by atoms with Crippen molar-refractivity contribution in [1.29, 1.82) is 0 Å². The number of halogens is 5. The Morgan fingerprint density at radius 1 is 1.07 bits per heavy atom. The lowest BCUT2D eigenvalue weighted by Gasteiger charge is -2.25. The highest BCUT2D eigenvalue weighted by Crippen LogP contribution is 2.37. The molecule has 3 N–H and O–H groups in total. The van der Waals surface area contributed by atoms with Crippen LogP contribution in [0.4, 0.5) is 43.3 Å². The molecule has 0 radical (unpaired) electrons. The smallest absolute Gasteiger partial charge is 0.444 e. The van der Waals surface area contributed by atoms with Crippen molar-refractivity contribution in [2.45, 2.75) is 71.3 Å². The van der Waals surface area contributed by atoms with Gasteiger partial charge in [0.1, 0.15) is 32.9 Å². The van der Waals surface area contributed by atoms with E-state index in [1.54, 1.807) is 25.5 Å². The number of benzene rings is 1. The van der Waals surface area contributed by atoms with E-state index in [4.69, 9.17) is 4.74 Å². The number of ether oxygens (including phenoxy) is 1. The Bertz CT molecular complexity index is 1550. The molecule has 1 aliphatic heterocycles. The van der Waals surface area contributed by atoms with Crippen LogP contribution in [0.25, 0.3) is 10.6 Å². The summed E-state index contributed by atoms with van der Waals surface area (Å²) in [5.41, 5.74) is -1.48. The van der Waals surface area contributed by atoms with Crippen LogP contribution in [0.5, 0.6) is 0 Å². The Balaban J connectivity index is 1.62.